The maximum Gasteiger partial charge on any atom is 0.409 e. The fourth-order valence-corrected chi connectivity index (χ4v) is 2.33. The molecule has 24 heavy (non-hydrogen) atoms. The van der Waals surface area contributed by atoms with E-state index in [0.717, 1.165) is 5.56 Å². The maximum absolute atomic E-state index is 10.6. The van der Waals surface area contributed by atoms with Gasteiger partial charge in [0.25, 0.3) is 0 Å². The van der Waals surface area contributed by atoms with Crippen molar-refractivity contribution in [3.05, 3.63) is 42.6 Å². The van der Waals surface area contributed by atoms with Gasteiger partial charge in [0.1, 0.15) is 0 Å². The number of carbonyl (C=O) groups is 1. The van der Waals surface area contributed by atoms with Crippen LogP contribution in [0, 0.1) is 0 Å². The number of aromatic nitrogens is 2. The first kappa shape index (κ1) is 15.5. The Morgan fingerprint density at radius 2 is 1.67 bits per heavy atom. The third-order valence-electron chi connectivity index (χ3n) is 3.48. The van der Waals surface area contributed by atoms with Crippen molar-refractivity contribution >= 4 is 22.8 Å². The van der Waals surface area contributed by atoms with E-state index in [9.17, 15) is 4.79 Å². The molecule has 1 heterocycles. The zero-order valence-electron chi connectivity index (χ0n) is 13.1. The summed E-state index contributed by atoms with van der Waals surface area (Å²) in [6, 6.07) is 10.4. The van der Waals surface area contributed by atoms with E-state index in [-0.39, 0.29) is 0 Å². The van der Waals surface area contributed by atoms with Gasteiger partial charge in [-0.3, -0.25) is 10.3 Å². The molecule has 0 spiro atoms. The van der Waals surface area contributed by atoms with Gasteiger partial charge < -0.3 is 14.6 Å². The molecule has 2 aromatic carbocycles. The Hall–Kier alpha value is -3.35. The molecule has 7 heteroatoms. The van der Waals surface area contributed by atoms with E-state index in [2.05, 4.69) is 15.3 Å². The normalized spacial score (nSPS) is 10.4. The van der Waals surface area contributed by atoms with Gasteiger partial charge in [0.15, 0.2) is 11.5 Å². The van der Waals surface area contributed by atoms with Gasteiger partial charge in [-0.1, -0.05) is 12.1 Å². The van der Waals surface area contributed by atoms with Crippen molar-refractivity contribution < 1.29 is 19.4 Å². The Balaban J connectivity index is 1.99. The SMILES string of the molecule is COc1cc2ncc(-c3ccc(NC(=O)O)cc3)nc2cc1OC. The Bertz CT molecular complexity index is 894. The minimum absolute atomic E-state index is 0.492. The number of benzene rings is 2. The molecule has 1 amide bonds. The van der Waals surface area contributed by atoms with Gasteiger partial charge in [-0.2, -0.15) is 0 Å². The monoisotopic (exact) mass is 325 g/mol. The van der Waals surface area contributed by atoms with Crippen LogP contribution in [0.4, 0.5) is 10.5 Å². The Morgan fingerprint density at radius 3 is 2.25 bits per heavy atom. The summed E-state index contributed by atoms with van der Waals surface area (Å²) in [6.45, 7) is 0. The number of ether oxygens (including phenoxy) is 2. The molecule has 7 nitrogen and oxygen atoms in total. The molecule has 2 N–H and O–H groups in total. The lowest BCUT2D eigenvalue weighted by atomic mass is 10.1. The van der Waals surface area contributed by atoms with Crippen molar-refractivity contribution in [1.29, 1.82) is 0 Å². The van der Waals surface area contributed by atoms with E-state index >= 15 is 0 Å². The summed E-state index contributed by atoms with van der Waals surface area (Å²) in [5.41, 5.74) is 3.37. The summed E-state index contributed by atoms with van der Waals surface area (Å²) in [5, 5.41) is 11.0. The van der Waals surface area contributed by atoms with E-state index in [1.807, 2.05) is 0 Å². The smallest absolute Gasteiger partial charge is 0.409 e. The highest BCUT2D eigenvalue weighted by molar-refractivity contribution is 5.84. The minimum atomic E-state index is -1.10. The maximum atomic E-state index is 10.6. The third-order valence-corrected chi connectivity index (χ3v) is 3.48. The molecule has 0 fully saturated rings. The summed E-state index contributed by atoms with van der Waals surface area (Å²) in [5.74, 6) is 1.17. The zero-order chi connectivity index (χ0) is 17.1. The molecule has 0 saturated heterocycles. The summed E-state index contributed by atoms with van der Waals surface area (Å²) in [6.07, 6.45) is 0.558. The van der Waals surface area contributed by atoms with E-state index in [0.29, 0.717) is 33.9 Å². The van der Waals surface area contributed by atoms with Crippen LogP contribution in [0.25, 0.3) is 22.3 Å². The van der Waals surface area contributed by atoms with Crippen LogP contribution in [0.1, 0.15) is 0 Å². The summed E-state index contributed by atoms with van der Waals surface area (Å²) < 4.78 is 10.5. The van der Waals surface area contributed by atoms with Gasteiger partial charge in [0.2, 0.25) is 0 Å². The number of carboxylic acid groups (broad SMARTS) is 1. The number of hydrogen-bond acceptors (Lipinski definition) is 5. The molecule has 122 valence electrons. The quantitative estimate of drug-likeness (QED) is 0.763. The van der Waals surface area contributed by atoms with Crippen molar-refractivity contribution in [2.45, 2.75) is 0 Å². The zero-order valence-corrected chi connectivity index (χ0v) is 13.1. The predicted octanol–water partition coefficient (Wildman–Crippen LogP) is 3.40. The van der Waals surface area contributed by atoms with Crippen LogP contribution < -0.4 is 14.8 Å². The lowest BCUT2D eigenvalue weighted by molar-refractivity contribution is 0.210. The number of rotatable bonds is 4. The molecule has 0 unspecified atom stereocenters. The van der Waals surface area contributed by atoms with Gasteiger partial charge in [0, 0.05) is 23.4 Å². The van der Waals surface area contributed by atoms with Gasteiger partial charge in [-0.15, -0.1) is 0 Å². The fraction of sp³-hybridized carbons (Fsp3) is 0.118. The molecule has 1 aromatic heterocycles. The molecular weight excluding hydrogens is 310 g/mol. The van der Waals surface area contributed by atoms with Crippen molar-refractivity contribution in [3.63, 3.8) is 0 Å². The highest BCUT2D eigenvalue weighted by Gasteiger charge is 2.09. The molecule has 0 atom stereocenters. The van der Waals surface area contributed by atoms with E-state index in [1.54, 1.807) is 56.8 Å². The lowest BCUT2D eigenvalue weighted by Gasteiger charge is -2.09. The first-order valence-corrected chi connectivity index (χ1v) is 7.10. The number of anilines is 1. The van der Waals surface area contributed by atoms with Crippen molar-refractivity contribution in [3.8, 4) is 22.8 Å². The Kier molecular flexibility index (Phi) is 4.15. The van der Waals surface area contributed by atoms with Crippen molar-refractivity contribution in [1.82, 2.24) is 9.97 Å². The van der Waals surface area contributed by atoms with Gasteiger partial charge >= 0.3 is 6.09 Å². The average molecular weight is 325 g/mol. The molecule has 0 radical (unpaired) electrons. The molecule has 3 rings (SSSR count). The van der Waals surface area contributed by atoms with Gasteiger partial charge in [-0.25, -0.2) is 9.78 Å². The van der Waals surface area contributed by atoms with E-state index in [1.165, 1.54) is 0 Å². The molecule has 0 aliphatic rings. The summed E-state index contributed by atoms with van der Waals surface area (Å²) >= 11 is 0. The molecule has 0 saturated carbocycles. The fourth-order valence-electron chi connectivity index (χ4n) is 2.33. The first-order chi connectivity index (χ1) is 11.6. The van der Waals surface area contributed by atoms with Crippen LogP contribution in [0.2, 0.25) is 0 Å². The molecule has 3 aromatic rings. The van der Waals surface area contributed by atoms with Crippen molar-refractivity contribution in [2.75, 3.05) is 19.5 Å². The largest absolute Gasteiger partial charge is 0.493 e. The van der Waals surface area contributed by atoms with Crippen molar-refractivity contribution in [2.24, 2.45) is 0 Å². The average Bonchev–Trinajstić information content (AvgIpc) is 2.60. The number of fused-ring (bicyclic) bond motifs is 1. The Morgan fingerprint density at radius 1 is 1.04 bits per heavy atom. The summed E-state index contributed by atoms with van der Waals surface area (Å²) in [4.78, 5) is 19.6. The van der Waals surface area contributed by atoms with Crippen LogP contribution in [0.15, 0.2) is 42.6 Å². The predicted molar refractivity (Wildman–Crippen MR) is 89.7 cm³/mol. The molecule has 0 aliphatic heterocycles. The van der Waals surface area contributed by atoms with Gasteiger partial charge in [-0.05, 0) is 12.1 Å². The highest BCUT2D eigenvalue weighted by atomic mass is 16.5. The number of methoxy groups -OCH3 is 2. The van der Waals surface area contributed by atoms with Crippen LogP contribution in [-0.4, -0.2) is 35.4 Å². The molecule has 0 bridgehead atoms. The topological polar surface area (TPSA) is 93.6 Å². The number of nitrogens with zero attached hydrogens (tertiary/aromatic N) is 2. The summed E-state index contributed by atoms with van der Waals surface area (Å²) in [7, 11) is 3.13. The highest BCUT2D eigenvalue weighted by Crippen LogP contribution is 2.31. The standard InChI is InChI=1S/C17H15N3O4/c1-23-15-7-12-13(8-16(15)24-2)20-14(9-18-12)10-3-5-11(6-4-10)19-17(21)22/h3-9,19H,1-2H3,(H,21,22). The number of amides is 1. The second-order valence-corrected chi connectivity index (χ2v) is 4.96. The molecule has 0 aliphatic carbocycles. The lowest BCUT2D eigenvalue weighted by Crippen LogP contribution is -2.06. The van der Waals surface area contributed by atoms with Crippen LogP contribution in [0.5, 0.6) is 11.5 Å². The van der Waals surface area contributed by atoms with Gasteiger partial charge in [0.05, 0.1) is 37.1 Å². The molecular formula is C17H15N3O4. The Labute approximate surface area is 137 Å². The first-order valence-electron chi connectivity index (χ1n) is 7.10. The van der Waals surface area contributed by atoms with Crippen LogP contribution in [0.3, 0.4) is 0 Å². The minimum Gasteiger partial charge on any atom is -0.493 e. The second-order valence-electron chi connectivity index (χ2n) is 4.96. The van der Waals surface area contributed by atoms with E-state index in [4.69, 9.17) is 14.6 Å². The second kappa shape index (κ2) is 6.41. The number of hydrogen-bond donors (Lipinski definition) is 2. The van der Waals surface area contributed by atoms with Crippen LogP contribution >= 0.6 is 0 Å². The third kappa shape index (κ3) is 3.05. The van der Waals surface area contributed by atoms with Crippen LogP contribution in [-0.2, 0) is 0 Å². The number of nitrogens with one attached hydrogen (secondary N) is 1. The van der Waals surface area contributed by atoms with E-state index < -0.39 is 6.09 Å².